The smallest absolute Gasteiger partial charge is 0.225 e. The monoisotopic (exact) mass is 282 g/mol. The standard InChI is InChI=1S/C15H26N2O3/c1-15(2,20-3)10-13(18)16-12-6-8-17(9-7-12)14(19)11-4-5-11/h11-12H,4-10H2,1-3H3,(H,16,18). The highest BCUT2D eigenvalue weighted by molar-refractivity contribution is 5.81. The lowest BCUT2D eigenvalue weighted by Crippen LogP contribution is -2.48. The molecule has 2 aliphatic rings. The second-order valence-corrected chi connectivity index (χ2v) is 6.58. The van der Waals surface area contributed by atoms with Crippen LogP contribution in [0.1, 0.15) is 46.0 Å². The van der Waals surface area contributed by atoms with E-state index in [0.717, 1.165) is 38.8 Å². The lowest BCUT2D eigenvalue weighted by Gasteiger charge is -2.33. The van der Waals surface area contributed by atoms with Crippen molar-refractivity contribution in [2.75, 3.05) is 20.2 Å². The SMILES string of the molecule is COC(C)(C)CC(=O)NC1CCN(C(=O)C2CC2)CC1. The van der Waals surface area contributed by atoms with Crippen molar-refractivity contribution in [3.8, 4) is 0 Å². The normalized spacial score (nSPS) is 20.9. The van der Waals surface area contributed by atoms with Gasteiger partial charge in [0.25, 0.3) is 0 Å². The van der Waals surface area contributed by atoms with Crippen LogP contribution in [-0.4, -0.2) is 48.6 Å². The minimum Gasteiger partial charge on any atom is -0.378 e. The number of nitrogens with zero attached hydrogens (tertiary/aromatic N) is 1. The first kappa shape index (κ1) is 15.3. The highest BCUT2D eigenvalue weighted by atomic mass is 16.5. The topological polar surface area (TPSA) is 58.6 Å². The molecular formula is C15H26N2O3. The summed E-state index contributed by atoms with van der Waals surface area (Å²) in [5.74, 6) is 0.641. The van der Waals surface area contributed by atoms with Crippen molar-refractivity contribution < 1.29 is 14.3 Å². The van der Waals surface area contributed by atoms with Gasteiger partial charge >= 0.3 is 0 Å². The number of hydrogen-bond acceptors (Lipinski definition) is 3. The molecule has 2 rings (SSSR count). The van der Waals surface area contributed by atoms with Gasteiger partial charge in [-0.15, -0.1) is 0 Å². The highest BCUT2D eigenvalue weighted by Gasteiger charge is 2.35. The Kier molecular flexibility index (Phi) is 4.68. The molecule has 0 unspecified atom stereocenters. The van der Waals surface area contributed by atoms with Gasteiger partial charge in [0.05, 0.1) is 12.0 Å². The molecule has 0 aromatic rings. The van der Waals surface area contributed by atoms with E-state index < -0.39 is 5.60 Å². The van der Waals surface area contributed by atoms with E-state index >= 15 is 0 Å². The average Bonchev–Trinajstić information content (AvgIpc) is 3.22. The van der Waals surface area contributed by atoms with E-state index in [1.54, 1.807) is 7.11 Å². The summed E-state index contributed by atoms with van der Waals surface area (Å²) in [5, 5.41) is 3.06. The predicted molar refractivity (Wildman–Crippen MR) is 76.2 cm³/mol. The Labute approximate surface area is 121 Å². The fourth-order valence-corrected chi connectivity index (χ4v) is 2.57. The Bertz CT molecular complexity index is 369. The van der Waals surface area contributed by atoms with Gasteiger partial charge in [-0.2, -0.15) is 0 Å². The molecule has 0 bridgehead atoms. The zero-order valence-corrected chi connectivity index (χ0v) is 12.8. The van der Waals surface area contributed by atoms with E-state index in [-0.39, 0.29) is 11.9 Å². The molecule has 1 heterocycles. The van der Waals surface area contributed by atoms with Gasteiger partial charge in [0.1, 0.15) is 0 Å². The molecule has 0 spiro atoms. The molecule has 1 saturated carbocycles. The number of carbonyl (C=O) groups excluding carboxylic acids is 2. The summed E-state index contributed by atoms with van der Waals surface area (Å²) in [6.07, 6.45) is 4.20. The zero-order chi connectivity index (χ0) is 14.8. The first-order valence-corrected chi connectivity index (χ1v) is 7.54. The number of amides is 2. The van der Waals surface area contributed by atoms with Crippen molar-refractivity contribution >= 4 is 11.8 Å². The van der Waals surface area contributed by atoms with Gasteiger partial charge in [-0.1, -0.05) is 0 Å². The number of nitrogens with one attached hydrogen (secondary N) is 1. The largest absolute Gasteiger partial charge is 0.378 e. The van der Waals surface area contributed by atoms with Crippen LogP contribution in [0, 0.1) is 5.92 Å². The molecule has 1 N–H and O–H groups in total. The van der Waals surface area contributed by atoms with Crippen LogP contribution in [0.4, 0.5) is 0 Å². The van der Waals surface area contributed by atoms with Crippen LogP contribution in [-0.2, 0) is 14.3 Å². The number of hydrogen-bond donors (Lipinski definition) is 1. The highest BCUT2D eigenvalue weighted by Crippen LogP contribution is 2.31. The first-order chi connectivity index (χ1) is 9.41. The van der Waals surface area contributed by atoms with Gasteiger partial charge in [-0.05, 0) is 39.5 Å². The van der Waals surface area contributed by atoms with Crippen molar-refractivity contribution in [2.45, 2.75) is 57.6 Å². The second-order valence-electron chi connectivity index (χ2n) is 6.58. The van der Waals surface area contributed by atoms with Crippen LogP contribution in [0.3, 0.4) is 0 Å². The van der Waals surface area contributed by atoms with Crippen LogP contribution >= 0.6 is 0 Å². The molecule has 0 aromatic heterocycles. The fourth-order valence-electron chi connectivity index (χ4n) is 2.57. The molecule has 0 atom stereocenters. The summed E-state index contributed by atoms with van der Waals surface area (Å²) in [6, 6.07) is 0.193. The van der Waals surface area contributed by atoms with Crippen molar-refractivity contribution in [2.24, 2.45) is 5.92 Å². The van der Waals surface area contributed by atoms with Crippen LogP contribution in [0.25, 0.3) is 0 Å². The predicted octanol–water partition coefficient (Wildman–Crippen LogP) is 1.32. The molecule has 0 aromatic carbocycles. The summed E-state index contributed by atoms with van der Waals surface area (Å²) in [5.41, 5.74) is -0.424. The van der Waals surface area contributed by atoms with E-state index in [0.29, 0.717) is 18.2 Å². The van der Waals surface area contributed by atoms with Crippen molar-refractivity contribution in [3.05, 3.63) is 0 Å². The van der Waals surface area contributed by atoms with Gasteiger partial charge in [0.15, 0.2) is 0 Å². The molecule has 5 nitrogen and oxygen atoms in total. The van der Waals surface area contributed by atoms with Gasteiger partial charge < -0.3 is 15.0 Å². The van der Waals surface area contributed by atoms with Crippen LogP contribution in [0.15, 0.2) is 0 Å². The third-order valence-corrected chi connectivity index (χ3v) is 4.24. The second kappa shape index (κ2) is 6.12. The molecule has 1 aliphatic carbocycles. The Morgan fingerprint density at radius 1 is 1.20 bits per heavy atom. The van der Waals surface area contributed by atoms with E-state index in [4.69, 9.17) is 4.74 Å². The van der Waals surface area contributed by atoms with Crippen LogP contribution in [0.5, 0.6) is 0 Å². The van der Waals surface area contributed by atoms with Crippen LogP contribution in [0.2, 0.25) is 0 Å². The number of likely N-dealkylation sites (tertiary alicyclic amines) is 1. The Balaban J connectivity index is 1.71. The van der Waals surface area contributed by atoms with E-state index in [2.05, 4.69) is 5.32 Å². The third kappa shape index (κ3) is 4.20. The van der Waals surface area contributed by atoms with Crippen molar-refractivity contribution in [1.29, 1.82) is 0 Å². The summed E-state index contributed by atoms with van der Waals surface area (Å²) in [4.78, 5) is 25.8. The zero-order valence-electron chi connectivity index (χ0n) is 12.8. The maximum atomic E-state index is 11.9. The lowest BCUT2D eigenvalue weighted by atomic mass is 10.0. The number of piperidine rings is 1. The summed E-state index contributed by atoms with van der Waals surface area (Å²) < 4.78 is 5.27. The maximum absolute atomic E-state index is 11.9. The van der Waals surface area contributed by atoms with E-state index in [1.807, 2.05) is 18.7 Å². The average molecular weight is 282 g/mol. The Hall–Kier alpha value is -1.10. The Morgan fingerprint density at radius 3 is 2.30 bits per heavy atom. The first-order valence-electron chi connectivity index (χ1n) is 7.54. The van der Waals surface area contributed by atoms with Crippen molar-refractivity contribution in [1.82, 2.24) is 10.2 Å². The van der Waals surface area contributed by atoms with Gasteiger partial charge in [-0.3, -0.25) is 9.59 Å². The minimum atomic E-state index is -0.424. The summed E-state index contributed by atoms with van der Waals surface area (Å²) in [6.45, 7) is 5.36. The summed E-state index contributed by atoms with van der Waals surface area (Å²) in [7, 11) is 1.62. The molecule has 114 valence electrons. The quantitative estimate of drug-likeness (QED) is 0.827. The number of rotatable bonds is 5. The maximum Gasteiger partial charge on any atom is 0.225 e. The number of ether oxygens (including phenoxy) is 1. The molecular weight excluding hydrogens is 256 g/mol. The molecule has 1 aliphatic heterocycles. The molecule has 2 amide bonds. The van der Waals surface area contributed by atoms with E-state index in [9.17, 15) is 9.59 Å². The lowest BCUT2D eigenvalue weighted by molar-refractivity contribution is -0.133. The van der Waals surface area contributed by atoms with Gasteiger partial charge in [0.2, 0.25) is 11.8 Å². The molecule has 20 heavy (non-hydrogen) atoms. The number of carbonyl (C=O) groups is 2. The third-order valence-electron chi connectivity index (χ3n) is 4.24. The van der Waals surface area contributed by atoms with E-state index in [1.165, 1.54) is 0 Å². The molecule has 2 fully saturated rings. The van der Waals surface area contributed by atoms with Crippen molar-refractivity contribution in [3.63, 3.8) is 0 Å². The molecule has 5 heteroatoms. The van der Waals surface area contributed by atoms with Gasteiger partial charge in [-0.25, -0.2) is 0 Å². The number of methoxy groups -OCH3 is 1. The Morgan fingerprint density at radius 2 is 1.80 bits per heavy atom. The molecule has 1 saturated heterocycles. The fraction of sp³-hybridized carbons (Fsp3) is 0.867. The minimum absolute atomic E-state index is 0.0313. The van der Waals surface area contributed by atoms with Crippen LogP contribution < -0.4 is 5.32 Å². The summed E-state index contributed by atoms with van der Waals surface area (Å²) >= 11 is 0. The molecule has 0 radical (unpaired) electrons. The van der Waals surface area contributed by atoms with Gasteiger partial charge in [0, 0.05) is 32.2 Å².